The van der Waals surface area contributed by atoms with E-state index in [1.54, 1.807) is 22.7 Å². The number of sulfonamides is 1. The molecule has 0 saturated carbocycles. The van der Waals surface area contributed by atoms with Crippen LogP contribution in [0.3, 0.4) is 0 Å². The van der Waals surface area contributed by atoms with Gasteiger partial charge in [0.2, 0.25) is 15.9 Å². The highest BCUT2D eigenvalue weighted by Crippen LogP contribution is 2.22. The summed E-state index contributed by atoms with van der Waals surface area (Å²) in [4.78, 5) is 14.1. The van der Waals surface area contributed by atoms with Crippen LogP contribution in [0.1, 0.15) is 32.4 Å². The minimum atomic E-state index is -4.11. The molecule has 2 aromatic rings. The molecule has 1 aromatic carbocycles. The van der Waals surface area contributed by atoms with E-state index in [0.29, 0.717) is 18.7 Å². The van der Waals surface area contributed by atoms with Crippen LogP contribution < -0.4 is 0 Å². The third kappa shape index (κ3) is 5.98. The van der Waals surface area contributed by atoms with Crippen LogP contribution >= 0.6 is 0 Å². The van der Waals surface area contributed by atoms with Gasteiger partial charge in [0.1, 0.15) is 10.7 Å². The Labute approximate surface area is 199 Å². The maximum Gasteiger partial charge on any atom is 0.245 e. The first-order valence-corrected chi connectivity index (χ1v) is 12.7. The van der Waals surface area contributed by atoms with Crippen molar-refractivity contribution in [3.8, 4) is 0 Å². The maximum atomic E-state index is 14.2. The topological polar surface area (TPSA) is 118 Å². The molecule has 12 heteroatoms. The van der Waals surface area contributed by atoms with Gasteiger partial charge in [-0.1, -0.05) is 24.3 Å². The zero-order valence-corrected chi connectivity index (χ0v) is 20.5. The number of aliphatic hydroxyl groups excluding tert-OH is 1. The van der Waals surface area contributed by atoms with E-state index in [9.17, 15) is 22.7 Å². The van der Waals surface area contributed by atoms with Gasteiger partial charge in [0.15, 0.2) is 0 Å². The molecule has 0 bridgehead atoms. The van der Waals surface area contributed by atoms with Gasteiger partial charge in [-0.15, -0.1) is 5.10 Å². The van der Waals surface area contributed by atoms with Gasteiger partial charge in [-0.25, -0.2) is 17.5 Å². The number of nitrogens with zero attached hydrogens (tertiary/aromatic N) is 5. The van der Waals surface area contributed by atoms with E-state index in [1.807, 2.05) is 6.92 Å². The average molecular weight is 498 g/mol. The molecule has 0 fully saturated rings. The number of likely N-dealkylation sites (N-methyl/N-ethyl adjacent to an activating group) is 1. The van der Waals surface area contributed by atoms with Crippen molar-refractivity contribution in [2.75, 3.05) is 26.7 Å². The Kier molecular flexibility index (Phi) is 8.74. The molecule has 0 spiro atoms. The smallest absolute Gasteiger partial charge is 0.245 e. The number of aliphatic hydroxyl groups is 1. The summed E-state index contributed by atoms with van der Waals surface area (Å²) in [6.07, 6.45) is 1.79. The summed E-state index contributed by atoms with van der Waals surface area (Å²) in [6, 6.07) is 4.81. The number of aromatic nitrogens is 3. The van der Waals surface area contributed by atoms with Gasteiger partial charge in [-0.2, -0.15) is 4.31 Å². The minimum absolute atomic E-state index is 0.0606. The van der Waals surface area contributed by atoms with Gasteiger partial charge in [0.05, 0.1) is 37.3 Å². The van der Waals surface area contributed by atoms with E-state index in [-0.39, 0.29) is 44.5 Å². The summed E-state index contributed by atoms with van der Waals surface area (Å²) in [7, 11) is -2.74. The van der Waals surface area contributed by atoms with Crippen LogP contribution in [0, 0.1) is 11.7 Å². The molecule has 1 aromatic heterocycles. The normalized spacial score (nSPS) is 21.6. The number of halogens is 1. The molecule has 0 saturated heterocycles. The van der Waals surface area contributed by atoms with Gasteiger partial charge in [-0.05, 0) is 25.5 Å². The second kappa shape index (κ2) is 11.3. The van der Waals surface area contributed by atoms with Crippen molar-refractivity contribution in [1.29, 1.82) is 0 Å². The van der Waals surface area contributed by atoms with Crippen molar-refractivity contribution in [3.05, 3.63) is 42.0 Å². The van der Waals surface area contributed by atoms with Crippen molar-refractivity contribution in [2.24, 2.45) is 5.92 Å². The largest absolute Gasteiger partial charge is 0.394 e. The Balaban J connectivity index is 1.88. The Morgan fingerprint density at radius 3 is 2.79 bits per heavy atom. The van der Waals surface area contributed by atoms with E-state index in [2.05, 4.69) is 10.3 Å². The number of aryl methyl sites for hydroxylation is 1. The molecule has 1 aliphatic rings. The fraction of sp³-hybridized carbons (Fsp3) is 0.591. The molecule has 2 heterocycles. The lowest BCUT2D eigenvalue weighted by Crippen LogP contribution is -2.48. The number of hydrogen-bond acceptors (Lipinski definition) is 7. The molecule has 10 nitrogen and oxygen atoms in total. The van der Waals surface area contributed by atoms with Crippen molar-refractivity contribution in [3.63, 3.8) is 0 Å². The number of ether oxygens (including phenoxy) is 1. The molecule has 1 aliphatic heterocycles. The maximum absolute atomic E-state index is 14.2. The highest BCUT2D eigenvalue weighted by atomic mass is 32.2. The molecular weight excluding hydrogens is 465 g/mol. The van der Waals surface area contributed by atoms with Crippen LogP contribution in [0.2, 0.25) is 0 Å². The van der Waals surface area contributed by atoms with Crippen molar-refractivity contribution in [2.45, 2.75) is 56.9 Å². The van der Waals surface area contributed by atoms with E-state index in [1.165, 1.54) is 25.2 Å². The molecule has 34 heavy (non-hydrogen) atoms. The molecule has 3 rings (SSSR count). The zero-order valence-electron chi connectivity index (χ0n) is 19.7. The van der Waals surface area contributed by atoms with Gasteiger partial charge < -0.3 is 14.7 Å². The minimum Gasteiger partial charge on any atom is -0.394 e. The Bertz CT molecular complexity index is 1080. The summed E-state index contributed by atoms with van der Waals surface area (Å²) >= 11 is 0. The summed E-state index contributed by atoms with van der Waals surface area (Å²) in [5.41, 5.74) is 0.713. The second-order valence-electron chi connectivity index (χ2n) is 8.67. The Hall–Kier alpha value is -2.41. The Morgan fingerprint density at radius 2 is 2.09 bits per heavy atom. The second-order valence-corrected chi connectivity index (χ2v) is 10.7. The number of amides is 1. The summed E-state index contributed by atoms with van der Waals surface area (Å²) < 4.78 is 49.2. The molecule has 0 aliphatic carbocycles. The number of fused-ring (bicyclic) bond motifs is 1. The molecule has 188 valence electrons. The third-order valence-electron chi connectivity index (χ3n) is 6.10. The number of carbonyl (C=O) groups is 1. The first-order valence-electron chi connectivity index (χ1n) is 11.2. The van der Waals surface area contributed by atoms with Crippen LogP contribution in [-0.4, -0.2) is 82.5 Å². The molecule has 3 atom stereocenters. The monoisotopic (exact) mass is 497 g/mol. The molecule has 0 radical (unpaired) electrons. The quantitative estimate of drug-likeness (QED) is 0.638. The van der Waals surface area contributed by atoms with Gasteiger partial charge in [0, 0.05) is 39.0 Å². The highest BCUT2D eigenvalue weighted by molar-refractivity contribution is 7.89. The highest BCUT2D eigenvalue weighted by Gasteiger charge is 2.32. The van der Waals surface area contributed by atoms with E-state index in [0.717, 1.165) is 10.4 Å². The van der Waals surface area contributed by atoms with Crippen molar-refractivity contribution in [1.82, 2.24) is 24.2 Å². The van der Waals surface area contributed by atoms with Crippen LogP contribution in [0.5, 0.6) is 0 Å². The first kappa shape index (κ1) is 26.2. The van der Waals surface area contributed by atoms with E-state index < -0.39 is 32.9 Å². The number of hydrogen-bond donors (Lipinski definition) is 1. The van der Waals surface area contributed by atoms with Crippen molar-refractivity contribution >= 4 is 15.9 Å². The lowest BCUT2D eigenvalue weighted by molar-refractivity contribution is -0.136. The predicted octanol–water partition coefficient (Wildman–Crippen LogP) is 1.26. The lowest BCUT2D eigenvalue weighted by atomic mass is 10.0. The van der Waals surface area contributed by atoms with Crippen LogP contribution in [0.4, 0.5) is 4.39 Å². The summed E-state index contributed by atoms with van der Waals surface area (Å²) in [5.74, 6) is -1.23. The number of benzene rings is 1. The number of carbonyl (C=O) groups excluding carboxylic acids is 1. The average Bonchev–Trinajstić information content (AvgIpc) is 3.25. The Morgan fingerprint density at radius 1 is 1.35 bits per heavy atom. The van der Waals surface area contributed by atoms with Gasteiger partial charge in [0.25, 0.3) is 0 Å². The van der Waals surface area contributed by atoms with Gasteiger partial charge in [-0.3, -0.25) is 4.79 Å². The van der Waals surface area contributed by atoms with E-state index in [4.69, 9.17) is 4.74 Å². The van der Waals surface area contributed by atoms with E-state index >= 15 is 0 Å². The van der Waals surface area contributed by atoms with Crippen LogP contribution in [0.25, 0.3) is 0 Å². The fourth-order valence-electron chi connectivity index (χ4n) is 3.92. The van der Waals surface area contributed by atoms with Gasteiger partial charge >= 0.3 is 0 Å². The number of rotatable bonds is 6. The SMILES string of the molecule is C[C@H](CO)N1C[C@H](C)[C@H](CN(C)S(=O)(=O)c2ccccc2F)OCc2cnnn2CCCC1=O. The fourth-order valence-corrected chi connectivity index (χ4v) is 5.16. The molecule has 1 amide bonds. The molecule has 1 N–H and O–H groups in total. The molecule has 0 unspecified atom stereocenters. The van der Waals surface area contributed by atoms with Crippen LogP contribution in [0.15, 0.2) is 35.4 Å². The third-order valence-corrected chi connectivity index (χ3v) is 7.96. The van der Waals surface area contributed by atoms with Crippen molar-refractivity contribution < 1.29 is 27.4 Å². The lowest BCUT2D eigenvalue weighted by Gasteiger charge is -2.35. The zero-order chi connectivity index (χ0) is 24.9. The molecular formula is C22H32FN5O5S. The first-order chi connectivity index (χ1) is 16.1. The summed E-state index contributed by atoms with van der Waals surface area (Å²) in [5, 5.41) is 17.6. The van der Waals surface area contributed by atoms with Crippen LogP contribution in [-0.2, 0) is 32.7 Å². The standard InChI is InChI=1S/C22H32FN5O5S/c1-16-12-27(17(2)14-29)22(30)9-6-10-28-18(11-24-25-28)15-33-20(16)13-26(3)34(31,32)21-8-5-4-7-19(21)23/h4-5,7-8,11,16-17,20,29H,6,9-10,12-15H2,1-3H3/t16-,17+,20-/m0/s1. The summed E-state index contributed by atoms with van der Waals surface area (Å²) in [6.45, 7) is 4.27. The predicted molar refractivity (Wildman–Crippen MR) is 121 cm³/mol.